The summed E-state index contributed by atoms with van der Waals surface area (Å²) in [5.74, 6) is -1.48. The van der Waals surface area contributed by atoms with E-state index < -0.39 is 27.7 Å². The normalized spacial score (nSPS) is 13.1. The second-order valence-corrected chi connectivity index (χ2v) is 7.39. The van der Waals surface area contributed by atoms with E-state index in [4.69, 9.17) is 0 Å². The standard InChI is InChI=1S/C17H19F2NO2S/c1-10-7-11(2)17(12(3)8-10)23(21,22)20-13(4)15-6-5-14(18)9-16(15)19/h5-9,13,20H,1-4H3/t13-/m1/s1. The summed E-state index contributed by atoms with van der Waals surface area (Å²) in [6, 6.07) is 5.83. The lowest BCUT2D eigenvalue weighted by molar-refractivity contribution is 0.539. The van der Waals surface area contributed by atoms with Gasteiger partial charge < -0.3 is 0 Å². The van der Waals surface area contributed by atoms with Crippen LogP contribution in [-0.2, 0) is 10.0 Å². The van der Waals surface area contributed by atoms with Crippen LogP contribution in [0.5, 0.6) is 0 Å². The Kier molecular flexibility index (Phi) is 4.87. The van der Waals surface area contributed by atoms with Crippen molar-refractivity contribution in [2.24, 2.45) is 0 Å². The zero-order valence-electron chi connectivity index (χ0n) is 13.4. The Morgan fingerprint density at radius 1 is 1.00 bits per heavy atom. The summed E-state index contributed by atoms with van der Waals surface area (Å²) in [6.07, 6.45) is 0. The molecule has 0 bridgehead atoms. The lowest BCUT2D eigenvalue weighted by Crippen LogP contribution is -2.28. The molecule has 0 fully saturated rings. The molecule has 0 aliphatic rings. The van der Waals surface area contributed by atoms with Crippen LogP contribution in [0, 0.1) is 32.4 Å². The second kappa shape index (κ2) is 6.37. The highest BCUT2D eigenvalue weighted by Gasteiger charge is 2.24. The Morgan fingerprint density at radius 3 is 2.09 bits per heavy atom. The van der Waals surface area contributed by atoms with Gasteiger partial charge in [0.2, 0.25) is 10.0 Å². The van der Waals surface area contributed by atoms with Crippen LogP contribution in [-0.4, -0.2) is 8.42 Å². The Morgan fingerprint density at radius 2 is 1.57 bits per heavy atom. The van der Waals surface area contributed by atoms with E-state index in [1.807, 2.05) is 6.92 Å². The number of sulfonamides is 1. The van der Waals surface area contributed by atoms with Crippen molar-refractivity contribution in [1.82, 2.24) is 4.72 Å². The Bertz CT molecular complexity index is 825. The fraction of sp³-hybridized carbons (Fsp3) is 0.294. The van der Waals surface area contributed by atoms with E-state index in [9.17, 15) is 17.2 Å². The van der Waals surface area contributed by atoms with Gasteiger partial charge in [-0.2, -0.15) is 0 Å². The molecule has 0 aliphatic carbocycles. The summed E-state index contributed by atoms with van der Waals surface area (Å²) in [5.41, 5.74) is 2.32. The predicted octanol–water partition coefficient (Wildman–Crippen LogP) is 3.93. The highest BCUT2D eigenvalue weighted by Crippen LogP contribution is 2.25. The maximum absolute atomic E-state index is 13.8. The first-order valence-corrected chi connectivity index (χ1v) is 8.65. The van der Waals surface area contributed by atoms with Crippen LogP contribution < -0.4 is 4.72 Å². The van der Waals surface area contributed by atoms with E-state index >= 15 is 0 Å². The number of nitrogens with one attached hydrogen (secondary N) is 1. The molecular weight excluding hydrogens is 320 g/mol. The van der Waals surface area contributed by atoms with Crippen molar-refractivity contribution >= 4 is 10.0 Å². The van der Waals surface area contributed by atoms with Crippen molar-refractivity contribution in [3.05, 3.63) is 64.2 Å². The fourth-order valence-corrected chi connectivity index (χ4v) is 4.47. The minimum atomic E-state index is -3.82. The largest absolute Gasteiger partial charge is 0.241 e. The molecule has 6 heteroatoms. The summed E-state index contributed by atoms with van der Waals surface area (Å²) < 4.78 is 54.5. The van der Waals surface area contributed by atoms with E-state index in [0.717, 1.165) is 17.7 Å². The molecule has 0 saturated carbocycles. The average molecular weight is 339 g/mol. The molecule has 2 rings (SSSR count). The van der Waals surface area contributed by atoms with Crippen LogP contribution in [0.25, 0.3) is 0 Å². The van der Waals surface area contributed by atoms with E-state index in [1.54, 1.807) is 26.0 Å². The Hall–Kier alpha value is -1.79. The van der Waals surface area contributed by atoms with Crippen molar-refractivity contribution in [2.75, 3.05) is 0 Å². The molecule has 1 atom stereocenters. The van der Waals surface area contributed by atoms with Crippen LogP contribution in [0.4, 0.5) is 8.78 Å². The molecule has 0 spiro atoms. The van der Waals surface area contributed by atoms with Crippen LogP contribution in [0.15, 0.2) is 35.2 Å². The maximum atomic E-state index is 13.8. The highest BCUT2D eigenvalue weighted by molar-refractivity contribution is 7.89. The van der Waals surface area contributed by atoms with Gasteiger partial charge in [-0.3, -0.25) is 0 Å². The zero-order chi connectivity index (χ0) is 17.4. The average Bonchev–Trinajstić information content (AvgIpc) is 2.35. The van der Waals surface area contributed by atoms with Gasteiger partial charge >= 0.3 is 0 Å². The smallest absolute Gasteiger partial charge is 0.207 e. The third kappa shape index (κ3) is 3.76. The first-order valence-electron chi connectivity index (χ1n) is 7.17. The monoisotopic (exact) mass is 339 g/mol. The molecule has 0 aromatic heterocycles. The van der Waals surface area contributed by atoms with Gasteiger partial charge in [0.05, 0.1) is 4.90 Å². The first-order chi connectivity index (χ1) is 10.6. The molecule has 0 heterocycles. The molecule has 0 radical (unpaired) electrons. The minimum Gasteiger partial charge on any atom is -0.207 e. The van der Waals surface area contributed by atoms with E-state index in [-0.39, 0.29) is 10.5 Å². The van der Waals surface area contributed by atoms with Crippen molar-refractivity contribution in [2.45, 2.75) is 38.6 Å². The van der Waals surface area contributed by atoms with Gasteiger partial charge in [-0.05, 0) is 44.9 Å². The Balaban J connectivity index is 2.38. The van der Waals surface area contributed by atoms with Crippen LogP contribution in [0.2, 0.25) is 0 Å². The number of hydrogen-bond donors (Lipinski definition) is 1. The predicted molar refractivity (Wildman–Crippen MR) is 85.7 cm³/mol. The maximum Gasteiger partial charge on any atom is 0.241 e. The van der Waals surface area contributed by atoms with Gasteiger partial charge in [-0.25, -0.2) is 21.9 Å². The van der Waals surface area contributed by atoms with Gasteiger partial charge in [0.1, 0.15) is 11.6 Å². The lowest BCUT2D eigenvalue weighted by atomic mass is 10.1. The van der Waals surface area contributed by atoms with E-state index in [0.29, 0.717) is 11.1 Å². The molecule has 0 saturated heterocycles. The van der Waals surface area contributed by atoms with Crippen molar-refractivity contribution in [3.8, 4) is 0 Å². The molecule has 124 valence electrons. The summed E-state index contributed by atoms with van der Waals surface area (Å²) in [5, 5.41) is 0. The second-order valence-electron chi connectivity index (χ2n) is 5.74. The molecule has 1 N–H and O–H groups in total. The lowest BCUT2D eigenvalue weighted by Gasteiger charge is -2.18. The number of hydrogen-bond acceptors (Lipinski definition) is 2. The van der Waals surface area contributed by atoms with Crippen LogP contribution in [0.3, 0.4) is 0 Å². The number of aryl methyl sites for hydroxylation is 3. The molecule has 0 unspecified atom stereocenters. The van der Waals surface area contributed by atoms with Crippen LogP contribution >= 0.6 is 0 Å². The Labute approximate surface area is 135 Å². The molecule has 0 amide bonds. The van der Waals surface area contributed by atoms with E-state index in [1.165, 1.54) is 13.0 Å². The van der Waals surface area contributed by atoms with Gasteiger partial charge in [0.25, 0.3) is 0 Å². The van der Waals surface area contributed by atoms with Crippen molar-refractivity contribution < 1.29 is 17.2 Å². The molecule has 2 aromatic rings. The summed E-state index contributed by atoms with van der Waals surface area (Å²) in [4.78, 5) is 0.192. The summed E-state index contributed by atoms with van der Waals surface area (Å²) in [7, 11) is -3.82. The quantitative estimate of drug-likeness (QED) is 0.917. The third-order valence-electron chi connectivity index (χ3n) is 3.63. The molecule has 23 heavy (non-hydrogen) atoms. The van der Waals surface area contributed by atoms with Gasteiger partial charge in [0.15, 0.2) is 0 Å². The molecule has 3 nitrogen and oxygen atoms in total. The first kappa shape index (κ1) is 17.6. The summed E-state index contributed by atoms with van der Waals surface area (Å²) in [6.45, 7) is 6.85. The van der Waals surface area contributed by atoms with Crippen molar-refractivity contribution in [1.29, 1.82) is 0 Å². The number of rotatable bonds is 4. The molecular formula is C17H19F2NO2S. The highest BCUT2D eigenvalue weighted by atomic mass is 32.2. The molecule has 2 aromatic carbocycles. The number of halogens is 2. The van der Waals surface area contributed by atoms with Gasteiger partial charge in [-0.15, -0.1) is 0 Å². The van der Waals surface area contributed by atoms with Gasteiger partial charge in [0, 0.05) is 17.7 Å². The van der Waals surface area contributed by atoms with Gasteiger partial charge in [-0.1, -0.05) is 23.8 Å². The van der Waals surface area contributed by atoms with E-state index in [2.05, 4.69) is 4.72 Å². The minimum absolute atomic E-state index is 0.0948. The van der Waals surface area contributed by atoms with Crippen LogP contribution in [0.1, 0.15) is 35.2 Å². The van der Waals surface area contributed by atoms with Crippen molar-refractivity contribution in [3.63, 3.8) is 0 Å². The third-order valence-corrected chi connectivity index (χ3v) is 5.48. The zero-order valence-corrected chi connectivity index (χ0v) is 14.3. The SMILES string of the molecule is Cc1cc(C)c(S(=O)(=O)N[C@H](C)c2ccc(F)cc2F)c(C)c1. The molecule has 0 aliphatic heterocycles. The number of benzene rings is 2. The topological polar surface area (TPSA) is 46.2 Å². The fourth-order valence-electron chi connectivity index (χ4n) is 2.80. The summed E-state index contributed by atoms with van der Waals surface area (Å²) >= 11 is 0.